The maximum atomic E-state index is 2.46. The van der Waals surface area contributed by atoms with Crippen LogP contribution in [0, 0.1) is 12.3 Å². The summed E-state index contributed by atoms with van der Waals surface area (Å²) in [5.41, 5.74) is 0. The van der Waals surface area contributed by atoms with Crippen molar-refractivity contribution in [2.24, 2.45) is 5.92 Å². The Balaban J connectivity index is 3.13. The zero-order valence-electron chi connectivity index (χ0n) is 18.5. The van der Waals surface area contributed by atoms with Crippen LogP contribution in [0.2, 0.25) is 0 Å². The van der Waals surface area contributed by atoms with E-state index < -0.39 is 0 Å². The molecular weight excluding hydrogens is 312 g/mol. The molecule has 26 heavy (non-hydrogen) atoms. The molecule has 0 saturated heterocycles. The fourth-order valence-corrected chi connectivity index (χ4v) is 3.44. The molecule has 0 amide bonds. The Morgan fingerprint density at radius 2 is 1.12 bits per heavy atom. The van der Waals surface area contributed by atoms with Crippen LogP contribution >= 0.6 is 0 Å². The van der Waals surface area contributed by atoms with Crippen LogP contribution in [-0.2, 0) is 0 Å². The molecule has 0 aromatic carbocycles. The second kappa shape index (κ2) is 22.5. The Morgan fingerprint density at radius 1 is 0.577 bits per heavy atom. The minimum Gasteiger partial charge on any atom is -0.0885 e. The molecule has 0 aromatic rings. The number of hydrogen-bond donors (Lipinski definition) is 0. The molecule has 153 valence electrons. The van der Waals surface area contributed by atoms with Crippen molar-refractivity contribution in [2.75, 3.05) is 0 Å². The molecule has 0 spiro atoms. The predicted molar refractivity (Wildman–Crippen MR) is 122 cm³/mol. The number of unbranched alkanes of at least 4 members (excludes halogenated alkanes) is 14. The minimum absolute atomic E-state index is 0.759. The van der Waals surface area contributed by atoms with E-state index in [9.17, 15) is 0 Å². The van der Waals surface area contributed by atoms with Gasteiger partial charge in [0.25, 0.3) is 0 Å². The van der Waals surface area contributed by atoms with E-state index in [1.807, 2.05) is 0 Å². The first kappa shape index (κ1) is 25.5. The third kappa shape index (κ3) is 21.5. The van der Waals surface area contributed by atoms with Gasteiger partial charge in [-0.05, 0) is 57.3 Å². The second-order valence-electron chi connectivity index (χ2n) is 8.09. The monoisotopic (exact) mass is 361 g/mol. The molecule has 0 aromatic heterocycles. The largest absolute Gasteiger partial charge is 0.0885 e. The molecule has 0 N–H and O–H groups in total. The van der Waals surface area contributed by atoms with Gasteiger partial charge in [0.05, 0.1) is 0 Å². The van der Waals surface area contributed by atoms with Crippen LogP contribution in [0.15, 0.2) is 24.3 Å². The summed E-state index contributed by atoms with van der Waals surface area (Å²) < 4.78 is 0. The van der Waals surface area contributed by atoms with E-state index >= 15 is 0 Å². The van der Waals surface area contributed by atoms with E-state index in [1.54, 1.807) is 0 Å². The zero-order valence-corrected chi connectivity index (χ0v) is 18.5. The molecule has 0 heterocycles. The molecule has 0 nitrogen and oxygen atoms in total. The van der Waals surface area contributed by atoms with E-state index in [0.29, 0.717) is 0 Å². The highest BCUT2D eigenvalue weighted by atomic mass is 14.0. The van der Waals surface area contributed by atoms with Crippen LogP contribution in [0.25, 0.3) is 0 Å². The van der Waals surface area contributed by atoms with Crippen LogP contribution in [-0.4, -0.2) is 0 Å². The van der Waals surface area contributed by atoms with Gasteiger partial charge < -0.3 is 0 Å². The first-order valence-corrected chi connectivity index (χ1v) is 11.9. The summed E-state index contributed by atoms with van der Waals surface area (Å²) in [6.07, 6.45) is 35.2. The predicted octanol–water partition coefficient (Wildman–Crippen LogP) is 9.61. The number of hydrogen-bond acceptors (Lipinski definition) is 0. The summed E-state index contributed by atoms with van der Waals surface area (Å²) in [5.74, 6) is 0.759. The summed E-state index contributed by atoms with van der Waals surface area (Å²) in [6.45, 7) is 6.87. The lowest BCUT2D eigenvalue weighted by Gasteiger charge is -2.03. The SMILES string of the molecule is CCCCCC=CCCCCCCCCCC[CH]CC=CC(C)CCC. The summed E-state index contributed by atoms with van der Waals surface area (Å²) in [4.78, 5) is 0. The molecule has 0 aliphatic heterocycles. The van der Waals surface area contributed by atoms with E-state index in [1.165, 1.54) is 109 Å². The second-order valence-corrected chi connectivity index (χ2v) is 8.09. The molecule has 0 rings (SSSR count). The molecule has 0 saturated carbocycles. The van der Waals surface area contributed by atoms with Gasteiger partial charge in [-0.3, -0.25) is 0 Å². The van der Waals surface area contributed by atoms with Crippen molar-refractivity contribution < 1.29 is 0 Å². The van der Waals surface area contributed by atoms with Crippen LogP contribution in [0.4, 0.5) is 0 Å². The summed E-state index contributed by atoms with van der Waals surface area (Å²) >= 11 is 0. The lowest BCUT2D eigenvalue weighted by molar-refractivity contribution is 0.567. The van der Waals surface area contributed by atoms with Crippen LogP contribution in [0.1, 0.15) is 130 Å². The molecule has 1 radical (unpaired) electrons. The zero-order chi connectivity index (χ0) is 19.1. The van der Waals surface area contributed by atoms with E-state index in [-0.39, 0.29) is 0 Å². The molecule has 1 unspecified atom stereocenters. The first-order valence-electron chi connectivity index (χ1n) is 11.9. The van der Waals surface area contributed by atoms with Crippen molar-refractivity contribution in [1.29, 1.82) is 0 Å². The lowest BCUT2D eigenvalue weighted by atomic mass is 10.0. The minimum atomic E-state index is 0.759. The van der Waals surface area contributed by atoms with E-state index in [2.05, 4.69) is 51.5 Å². The fraction of sp³-hybridized carbons (Fsp3) is 0.808. The van der Waals surface area contributed by atoms with E-state index in [4.69, 9.17) is 0 Å². The van der Waals surface area contributed by atoms with E-state index in [0.717, 1.165) is 5.92 Å². The molecule has 0 aliphatic carbocycles. The normalized spacial score (nSPS) is 13.2. The molecule has 0 heteroatoms. The van der Waals surface area contributed by atoms with Crippen molar-refractivity contribution >= 4 is 0 Å². The first-order chi connectivity index (χ1) is 12.8. The average Bonchev–Trinajstić information content (AvgIpc) is 2.64. The number of rotatable bonds is 20. The highest BCUT2D eigenvalue weighted by molar-refractivity contribution is 4.90. The molecule has 1 atom stereocenters. The Morgan fingerprint density at radius 3 is 1.69 bits per heavy atom. The lowest BCUT2D eigenvalue weighted by Crippen LogP contribution is -1.87. The Kier molecular flexibility index (Phi) is 22.1. The van der Waals surface area contributed by atoms with Crippen molar-refractivity contribution in [3.8, 4) is 0 Å². The molecular formula is C26H49. The molecule has 0 fully saturated rings. The van der Waals surface area contributed by atoms with Crippen molar-refractivity contribution in [3.05, 3.63) is 30.7 Å². The van der Waals surface area contributed by atoms with Crippen molar-refractivity contribution in [1.82, 2.24) is 0 Å². The standard InChI is InChI=1S/C26H49/c1-4-6-7-8-9-10-11-12-13-14-15-16-17-18-19-20-21-22-23-25-26(3)24-5-2/h9-10,21,23,25-26H,4-8,11-20,22,24H2,1-3H3. The third-order valence-corrected chi connectivity index (χ3v) is 5.18. The van der Waals surface area contributed by atoms with Crippen LogP contribution in [0.5, 0.6) is 0 Å². The van der Waals surface area contributed by atoms with Crippen molar-refractivity contribution in [2.45, 2.75) is 130 Å². The highest BCUT2D eigenvalue weighted by Gasteiger charge is 1.95. The fourth-order valence-electron chi connectivity index (χ4n) is 3.44. The van der Waals surface area contributed by atoms with Gasteiger partial charge in [-0.15, -0.1) is 0 Å². The topological polar surface area (TPSA) is 0 Å². The maximum Gasteiger partial charge on any atom is -0.0262 e. The van der Waals surface area contributed by atoms with Gasteiger partial charge in [0.2, 0.25) is 0 Å². The van der Waals surface area contributed by atoms with Crippen LogP contribution in [0.3, 0.4) is 0 Å². The maximum absolute atomic E-state index is 2.46. The Bertz CT molecular complexity index is 299. The van der Waals surface area contributed by atoms with Gasteiger partial charge in [-0.2, -0.15) is 0 Å². The summed E-state index contributed by atoms with van der Waals surface area (Å²) in [5, 5.41) is 0. The summed E-state index contributed by atoms with van der Waals surface area (Å²) in [6, 6.07) is 0. The van der Waals surface area contributed by atoms with Gasteiger partial charge in [0.1, 0.15) is 0 Å². The smallest absolute Gasteiger partial charge is 0.0262 e. The summed E-state index contributed by atoms with van der Waals surface area (Å²) in [7, 11) is 0. The quantitative estimate of drug-likeness (QED) is 0.149. The van der Waals surface area contributed by atoms with Gasteiger partial charge in [-0.25, -0.2) is 0 Å². The highest BCUT2D eigenvalue weighted by Crippen LogP contribution is 2.13. The van der Waals surface area contributed by atoms with Crippen LogP contribution < -0.4 is 0 Å². The van der Waals surface area contributed by atoms with Gasteiger partial charge in [-0.1, -0.05) is 109 Å². The third-order valence-electron chi connectivity index (χ3n) is 5.18. The Hall–Kier alpha value is -0.520. The van der Waals surface area contributed by atoms with Gasteiger partial charge in [0.15, 0.2) is 0 Å². The van der Waals surface area contributed by atoms with Crippen molar-refractivity contribution in [3.63, 3.8) is 0 Å². The average molecular weight is 362 g/mol. The molecule has 0 bridgehead atoms. The van der Waals surface area contributed by atoms with Gasteiger partial charge >= 0.3 is 0 Å². The Labute approximate surface area is 166 Å². The molecule has 0 aliphatic rings. The number of allylic oxidation sites excluding steroid dienone is 4. The van der Waals surface area contributed by atoms with Gasteiger partial charge in [0, 0.05) is 0 Å².